The molecule has 2 atom stereocenters. The molecule has 1 fully saturated rings. The third-order valence-electron chi connectivity index (χ3n) is 7.38. The van der Waals surface area contributed by atoms with E-state index in [4.69, 9.17) is 4.74 Å². The van der Waals surface area contributed by atoms with Crippen molar-refractivity contribution in [1.29, 1.82) is 0 Å². The summed E-state index contributed by atoms with van der Waals surface area (Å²) in [6.07, 6.45) is 6.04. The van der Waals surface area contributed by atoms with Crippen LogP contribution < -0.4 is 4.74 Å². The Bertz CT molecular complexity index is 990. The van der Waals surface area contributed by atoms with Gasteiger partial charge in [0, 0.05) is 43.5 Å². The minimum atomic E-state index is 0.0635. The molecule has 2 unspecified atom stereocenters. The molecule has 2 aliphatic heterocycles. The van der Waals surface area contributed by atoms with E-state index in [0.29, 0.717) is 32.6 Å². The van der Waals surface area contributed by atoms with Crippen molar-refractivity contribution in [2.24, 2.45) is 0 Å². The molecule has 2 aromatic rings. The number of thiophene rings is 1. The molecular formula is C28H39N3O3S. The molecule has 4 rings (SSSR count). The van der Waals surface area contributed by atoms with E-state index in [2.05, 4.69) is 42.3 Å². The maximum atomic E-state index is 13.4. The fraction of sp³-hybridized carbons (Fsp3) is 0.571. The first-order chi connectivity index (χ1) is 17.0. The number of rotatable bonds is 9. The molecule has 1 aromatic heterocycles. The van der Waals surface area contributed by atoms with E-state index in [-0.39, 0.29) is 23.9 Å². The highest BCUT2D eigenvalue weighted by molar-refractivity contribution is 7.10. The lowest BCUT2D eigenvalue weighted by molar-refractivity contribution is -0.143. The Morgan fingerprint density at radius 2 is 1.83 bits per heavy atom. The highest BCUT2D eigenvalue weighted by Gasteiger charge is 2.34. The van der Waals surface area contributed by atoms with Gasteiger partial charge in [0.15, 0.2) is 0 Å². The standard InChI is InChI=1S/C28H39N3O3S/c1-4-5-6-7-8-26(32)31-17-16-29(19-21(31)2)27(33)20-30-15-13-25-24(14-18-35-25)28(30)22-9-11-23(34-3)12-10-22/h9-12,14,18,21,28H,4-8,13,15-17,19-20H2,1-3H3. The van der Waals surface area contributed by atoms with Crippen LogP contribution in [0.3, 0.4) is 0 Å². The van der Waals surface area contributed by atoms with E-state index in [0.717, 1.165) is 31.6 Å². The Kier molecular flexibility index (Phi) is 8.84. The van der Waals surface area contributed by atoms with Gasteiger partial charge in [0.2, 0.25) is 11.8 Å². The fourth-order valence-electron chi connectivity index (χ4n) is 5.39. The molecule has 7 heteroatoms. The topological polar surface area (TPSA) is 53.1 Å². The zero-order valence-electron chi connectivity index (χ0n) is 21.4. The van der Waals surface area contributed by atoms with Crippen molar-refractivity contribution < 1.29 is 14.3 Å². The number of amides is 2. The quantitative estimate of drug-likeness (QED) is 0.470. The Balaban J connectivity index is 1.39. The summed E-state index contributed by atoms with van der Waals surface area (Å²) in [7, 11) is 1.68. The summed E-state index contributed by atoms with van der Waals surface area (Å²) in [4.78, 5) is 33.8. The van der Waals surface area contributed by atoms with Gasteiger partial charge in [-0.2, -0.15) is 0 Å². The predicted molar refractivity (Wildman–Crippen MR) is 141 cm³/mol. The van der Waals surface area contributed by atoms with Gasteiger partial charge in [-0.25, -0.2) is 0 Å². The van der Waals surface area contributed by atoms with Crippen molar-refractivity contribution in [3.8, 4) is 5.75 Å². The van der Waals surface area contributed by atoms with Crippen LogP contribution in [-0.4, -0.2) is 72.4 Å². The lowest BCUT2D eigenvalue weighted by atomic mass is 9.93. The number of methoxy groups -OCH3 is 1. The van der Waals surface area contributed by atoms with E-state index >= 15 is 0 Å². The number of unbranched alkanes of at least 4 members (excludes halogenated alkanes) is 3. The number of ether oxygens (including phenoxy) is 1. The molecule has 2 amide bonds. The van der Waals surface area contributed by atoms with Crippen LogP contribution in [0.4, 0.5) is 0 Å². The smallest absolute Gasteiger partial charge is 0.236 e. The number of hydrogen-bond acceptors (Lipinski definition) is 5. The van der Waals surface area contributed by atoms with Crippen LogP contribution in [0.15, 0.2) is 35.7 Å². The average Bonchev–Trinajstić information content (AvgIpc) is 3.35. The predicted octanol–water partition coefficient (Wildman–Crippen LogP) is 4.73. The van der Waals surface area contributed by atoms with Crippen LogP contribution in [0.1, 0.15) is 68.0 Å². The Hall–Kier alpha value is -2.38. The van der Waals surface area contributed by atoms with Gasteiger partial charge in [-0.1, -0.05) is 38.3 Å². The molecule has 0 radical (unpaired) electrons. The summed E-state index contributed by atoms with van der Waals surface area (Å²) in [5.74, 6) is 1.23. The first-order valence-corrected chi connectivity index (χ1v) is 13.9. The first-order valence-electron chi connectivity index (χ1n) is 13.0. The summed E-state index contributed by atoms with van der Waals surface area (Å²) in [5.41, 5.74) is 2.50. The second-order valence-electron chi connectivity index (χ2n) is 9.78. The zero-order chi connectivity index (χ0) is 24.8. The second-order valence-corrected chi connectivity index (χ2v) is 10.8. The van der Waals surface area contributed by atoms with Crippen molar-refractivity contribution in [2.45, 2.75) is 64.5 Å². The summed E-state index contributed by atoms with van der Waals surface area (Å²) in [6.45, 7) is 7.38. The van der Waals surface area contributed by atoms with Gasteiger partial charge in [0.05, 0.1) is 19.7 Å². The molecule has 0 N–H and O–H groups in total. The maximum absolute atomic E-state index is 13.4. The fourth-order valence-corrected chi connectivity index (χ4v) is 6.29. The number of nitrogens with zero attached hydrogens (tertiary/aromatic N) is 3. The lowest BCUT2D eigenvalue weighted by Crippen LogP contribution is -2.57. The third kappa shape index (κ3) is 6.07. The number of hydrogen-bond donors (Lipinski definition) is 0. The summed E-state index contributed by atoms with van der Waals surface area (Å²) < 4.78 is 5.35. The van der Waals surface area contributed by atoms with Gasteiger partial charge >= 0.3 is 0 Å². The van der Waals surface area contributed by atoms with Crippen LogP contribution in [-0.2, 0) is 16.0 Å². The number of carbonyl (C=O) groups is 2. The van der Waals surface area contributed by atoms with Gasteiger partial charge in [-0.05, 0) is 54.5 Å². The lowest BCUT2D eigenvalue weighted by Gasteiger charge is -2.42. The Labute approximate surface area is 213 Å². The molecule has 2 aliphatic rings. The van der Waals surface area contributed by atoms with Crippen molar-refractivity contribution in [2.75, 3.05) is 39.8 Å². The van der Waals surface area contributed by atoms with E-state index < -0.39 is 0 Å². The van der Waals surface area contributed by atoms with Crippen LogP contribution in [0, 0.1) is 0 Å². The van der Waals surface area contributed by atoms with Gasteiger partial charge < -0.3 is 14.5 Å². The van der Waals surface area contributed by atoms with Crippen molar-refractivity contribution in [1.82, 2.24) is 14.7 Å². The van der Waals surface area contributed by atoms with Crippen LogP contribution in [0.2, 0.25) is 0 Å². The number of benzene rings is 1. The van der Waals surface area contributed by atoms with E-state index in [1.54, 1.807) is 7.11 Å². The molecule has 0 spiro atoms. The molecule has 35 heavy (non-hydrogen) atoms. The van der Waals surface area contributed by atoms with Gasteiger partial charge in [-0.15, -0.1) is 11.3 Å². The summed E-state index contributed by atoms with van der Waals surface area (Å²) >= 11 is 1.81. The monoisotopic (exact) mass is 497 g/mol. The highest BCUT2D eigenvalue weighted by atomic mass is 32.1. The molecule has 190 valence electrons. The molecular weight excluding hydrogens is 458 g/mol. The molecule has 1 aromatic carbocycles. The minimum Gasteiger partial charge on any atom is -0.497 e. The van der Waals surface area contributed by atoms with Crippen molar-refractivity contribution in [3.63, 3.8) is 0 Å². The van der Waals surface area contributed by atoms with Gasteiger partial charge in [0.1, 0.15) is 5.75 Å². The largest absolute Gasteiger partial charge is 0.497 e. The molecule has 3 heterocycles. The van der Waals surface area contributed by atoms with Crippen LogP contribution >= 0.6 is 11.3 Å². The zero-order valence-corrected chi connectivity index (χ0v) is 22.2. The first kappa shape index (κ1) is 25.7. The third-order valence-corrected chi connectivity index (χ3v) is 8.38. The summed E-state index contributed by atoms with van der Waals surface area (Å²) in [5, 5.41) is 2.16. The van der Waals surface area contributed by atoms with Crippen molar-refractivity contribution >= 4 is 23.2 Å². The number of carbonyl (C=O) groups excluding carboxylic acids is 2. The van der Waals surface area contributed by atoms with E-state index in [1.165, 1.54) is 28.8 Å². The molecule has 0 saturated carbocycles. The van der Waals surface area contributed by atoms with Gasteiger partial charge in [0.25, 0.3) is 0 Å². The van der Waals surface area contributed by atoms with E-state index in [9.17, 15) is 9.59 Å². The second kappa shape index (κ2) is 12.0. The molecule has 0 bridgehead atoms. The normalized spacial score (nSPS) is 20.5. The van der Waals surface area contributed by atoms with Crippen molar-refractivity contribution in [3.05, 3.63) is 51.7 Å². The highest BCUT2D eigenvalue weighted by Crippen LogP contribution is 2.38. The minimum absolute atomic E-state index is 0.0635. The van der Waals surface area contributed by atoms with Gasteiger partial charge in [-0.3, -0.25) is 14.5 Å². The SMILES string of the molecule is CCCCCCC(=O)N1CCN(C(=O)CN2CCc3sccc3C2c2ccc(OC)cc2)CC1C. The molecule has 1 saturated heterocycles. The summed E-state index contributed by atoms with van der Waals surface area (Å²) in [6, 6.07) is 10.6. The Morgan fingerprint density at radius 1 is 1.03 bits per heavy atom. The molecule has 0 aliphatic carbocycles. The van der Waals surface area contributed by atoms with E-state index in [1.807, 2.05) is 33.3 Å². The van der Waals surface area contributed by atoms with Crippen LogP contribution in [0.25, 0.3) is 0 Å². The van der Waals surface area contributed by atoms with Crippen LogP contribution in [0.5, 0.6) is 5.75 Å². The average molecular weight is 498 g/mol. The Morgan fingerprint density at radius 3 is 2.54 bits per heavy atom. The number of piperazine rings is 1. The molecule has 6 nitrogen and oxygen atoms in total. The maximum Gasteiger partial charge on any atom is 0.236 e. The number of fused-ring (bicyclic) bond motifs is 1.